The lowest BCUT2D eigenvalue weighted by Gasteiger charge is -2.26. The number of aliphatic imine (C=N–C) groups is 1. The highest BCUT2D eigenvalue weighted by Crippen LogP contribution is 2.17. The van der Waals surface area contributed by atoms with E-state index in [9.17, 15) is 0 Å². The van der Waals surface area contributed by atoms with Crippen molar-refractivity contribution in [3.05, 3.63) is 35.9 Å². The van der Waals surface area contributed by atoms with Gasteiger partial charge in [0.25, 0.3) is 0 Å². The van der Waals surface area contributed by atoms with Crippen LogP contribution in [-0.2, 0) is 6.54 Å². The zero-order valence-corrected chi connectivity index (χ0v) is 14.2. The van der Waals surface area contributed by atoms with Gasteiger partial charge in [-0.25, -0.2) is 0 Å². The Hall–Kier alpha value is -1.55. The summed E-state index contributed by atoms with van der Waals surface area (Å²) in [4.78, 5) is 6.71. The minimum Gasteiger partial charge on any atom is -0.355 e. The fraction of sp³-hybridized carbons (Fsp3) is 0.611. The standard InChI is InChI=1S/C18H30N4/c1-15(22(3)14-16-9-5-4-6-10-16)13-20-18(19-2)21-17-11-7-8-12-17/h4-6,9-10,15,17H,7-8,11-14H2,1-3H3,(H2,19,20,21). The molecule has 0 heterocycles. The van der Waals surface area contributed by atoms with Crippen LogP contribution in [0.2, 0.25) is 0 Å². The summed E-state index contributed by atoms with van der Waals surface area (Å²) >= 11 is 0. The maximum absolute atomic E-state index is 4.34. The van der Waals surface area contributed by atoms with E-state index in [-0.39, 0.29) is 0 Å². The first-order valence-electron chi connectivity index (χ1n) is 8.40. The van der Waals surface area contributed by atoms with Crippen molar-refractivity contribution in [3.8, 4) is 0 Å². The normalized spacial score (nSPS) is 17.7. The van der Waals surface area contributed by atoms with E-state index in [1.807, 2.05) is 7.05 Å². The van der Waals surface area contributed by atoms with Crippen LogP contribution in [0.3, 0.4) is 0 Å². The summed E-state index contributed by atoms with van der Waals surface area (Å²) in [7, 11) is 4.02. The largest absolute Gasteiger partial charge is 0.355 e. The topological polar surface area (TPSA) is 39.7 Å². The molecule has 0 saturated heterocycles. The highest BCUT2D eigenvalue weighted by Gasteiger charge is 2.16. The second-order valence-electron chi connectivity index (χ2n) is 6.33. The molecule has 1 unspecified atom stereocenters. The molecule has 1 aliphatic rings. The molecule has 1 fully saturated rings. The summed E-state index contributed by atoms with van der Waals surface area (Å²) in [6, 6.07) is 11.7. The summed E-state index contributed by atoms with van der Waals surface area (Å²) in [5, 5.41) is 6.99. The van der Waals surface area contributed by atoms with Crippen molar-refractivity contribution in [2.24, 2.45) is 4.99 Å². The Kier molecular flexibility index (Phi) is 6.72. The number of rotatable bonds is 6. The van der Waals surface area contributed by atoms with Crippen LogP contribution in [0.15, 0.2) is 35.3 Å². The third-order valence-corrected chi connectivity index (χ3v) is 4.51. The van der Waals surface area contributed by atoms with Gasteiger partial charge in [-0.2, -0.15) is 0 Å². The van der Waals surface area contributed by atoms with Gasteiger partial charge >= 0.3 is 0 Å². The third kappa shape index (κ3) is 5.34. The van der Waals surface area contributed by atoms with Crippen LogP contribution >= 0.6 is 0 Å². The Morgan fingerprint density at radius 1 is 1.27 bits per heavy atom. The maximum atomic E-state index is 4.34. The molecule has 4 nitrogen and oxygen atoms in total. The molecule has 2 N–H and O–H groups in total. The van der Waals surface area contributed by atoms with Gasteiger partial charge in [-0.15, -0.1) is 0 Å². The van der Waals surface area contributed by atoms with Crippen molar-refractivity contribution < 1.29 is 0 Å². The average molecular weight is 302 g/mol. The second-order valence-corrected chi connectivity index (χ2v) is 6.33. The Bertz CT molecular complexity index is 451. The Labute approximate surface area is 135 Å². The van der Waals surface area contributed by atoms with E-state index in [2.05, 4.69) is 64.8 Å². The fourth-order valence-corrected chi connectivity index (χ4v) is 2.89. The van der Waals surface area contributed by atoms with Crippen molar-refractivity contribution >= 4 is 5.96 Å². The van der Waals surface area contributed by atoms with Gasteiger partial charge < -0.3 is 10.6 Å². The van der Waals surface area contributed by atoms with Gasteiger partial charge in [0.15, 0.2) is 5.96 Å². The lowest BCUT2D eigenvalue weighted by molar-refractivity contribution is 0.249. The molecule has 1 atom stereocenters. The molecule has 22 heavy (non-hydrogen) atoms. The van der Waals surface area contributed by atoms with Crippen molar-refractivity contribution in [1.82, 2.24) is 15.5 Å². The van der Waals surface area contributed by atoms with E-state index in [4.69, 9.17) is 0 Å². The molecule has 0 spiro atoms. The Balaban J connectivity index is 1.74. The van der Waals surface area contributed by atoms with Crippen LogP contribution in [0.1, 0.15) is 38.2 Å². The third-order valence-electron chi connectivity index (χ3n) is 4.51. The number of guanidine groups is 1. The molecule has 1 aliphatic carbocycles. The predicted molar refractivity (Wildman–Crippen MR) is 94.1 cm³/mol. The molecule has 1 saturated carbocycles. The van der Waals surface area contributed by atoms with Gasteiger partial charge in [-0.05, 0) is 32.4 Å². The van der Waals surface area contributed by atoms with Crippen molar-refractivity contribution in [2.75, 3.05) is 20.6 Å². The maximum Gasteiger partial charge on any atom is 0.191 e. The minimum atomic E-state index is 0.447. The van der Waals surface area contributed by atoms with Crippen molar-refractivity contribution in [2.45, 2.75) is 51.2 Å². The first-order chi connectivity index (χ1) is 10.7. The zero-order chi connectivity index (χ0) is 15.8. The van der Waals surface area contributed by atoms with E-state index in [0.717, 1.165) is 19.0 Å². The SMILES string of the molecule is CN=C(NCC(C)N(C)Cc1ccccc1)NC1CCCC1. The number of nitrogens with one attached hydrogen (secondary N) is 2. The Morgan fingerprint density at radius 3 is 2.59 bits per heavy atom. The van der Waals surface area contributed by atoms with Gasteiger partial charge in [0.1, 0.15) is 0 Å². The lowest BCUT2D eigenvalue weighted by atomic mass is 10.2. The highest BCUT2D eigenvalue weighted by molar-refractivity contribution is 5.80. The van der Waals surface area contributed by atoms with Crippen molar-refractivity contribution in [1.29, 1.82) is 0 Å². The first kappa shape index (κ1) is 16.8. The Morgan fingerprint density at radius 2 is 1.95 bits per heavy atom. The molecule has 4 heteroatoms. The fourth-order valence-electron chi connectivity index (χ4n) is 2.89. The number of hydrogen-bond acceptors (Lipinski definition) is 2. The summed E-state index contributed by atoms with van der Waals surface area (Å²) < 4.78 is 0. The summed E-state index contributed by atoms with van der Waals surface area (Å²) in [5.41, 5.74) is 1.35. The van der Waals surface area contributed by atoms with Gasteiger partial charge in [-0.3, -0.25) is 9.89 Å². The molecule has 0 amide bonds. The molecular weight excluding hydrogens is 272 g/mol. The number of hydrogen-bond donors (Lipinski definition) is 2. The molecule has 0 radical (unpaired) electrons. The molecular formula is C18H30N4. The summed E-state index contributed by atoms with van der Waals surface area (Å²) in [5.74, 6) is 0.937. The minimum absolute atomic E-state index is 0.447. The molecule has 1 aromatic rings. The molecule has 0 aromatic heterocycles. The van der Waals surface area contributed by atoms with Gasteiger partial charge in [0.05, 0.1) is 0 Å². The first-order valence-corrected chi connectivity index (χ1v) is 8.40. The van der Waals surface area contributed by atoms with E-state index < -0.39 is 0 Å². The quantitative estimate of drug-likeness (QED) is 0.627. The average Bonchev–Trinajstić information content (AvgIpc) is 3.05. The van der Waals surface area contributed by atoms with Crippen LogP contribution in [0.4, 0.5) is 0 Å². The van der Waals surface area contributed by atoms with Crippen LogP contribution in [-0.4, -0.2) is 43.6 Å². The number of nitrogens with zero attached hydrogens (tertiary/aromatic N) is 2. The van der Waals surface area contributed by atoms with Crippen molar-refractivity contribution in [3.63, 3.8) is 0 Å². The smallest absolute Gasteiger partial charge is 0.191 e. The van der Waals surface area contributed by atoms with Crippen LogP contribution in [0.25, 0.3) is 0 Å². The number of benzene rings is 1. The van der Waals surface area contributed by atoms with Crippen LogP contribution in [0.5, 0.6) is 0 Å². The molecule has 122 valence electrons. The van der Waals surface area contributed by atoms with Gasteiger partial charge in [-0.1, -0.05) is 43.2 Å². The van der Waals surface area contributed by atoms with Crippen LogP contribution in [0, 0.1) is 0 Å². The van der Waals surface area contributed by atoms with Gasteiger partial charge in [0, 0.05) is 32.2 Å². The second kappa shape index (κ2) is 8.79. The molecule has 0 bridgehead atoms. The number of likely N-dealkylation sites (N-methyl/N-ethyl adjacent to an activating group) is 1. The lowest BCUT2D eigenvalue weighted by Crippen LogP contribution is -2.47. The zero-order valence-electron chi connectivity index (χ0n) is 14.2. The molecule has 1 aromatic carbocycles. The summed E-state index contributed by atoms with van der Waals surface area (Å²) in [6.07, 6.45) is 5.21. The van der Waals surface area contributed by atoms with E-state index in [1.54, 1.807) is 0 Å². The molecule has 2 rings (SSSR count). The molecule has 0 aliphatic heterocycles. The van der Waals surface area contributed by atoms with Gasteiger partial charge in [0.2, 0.25) is 0 Å². The van der Waals surface area contributed by atoms with E-state index >= 15 is 0 Å². The highest BCUT2D eigenvalue weighted by atomic mass is 15.2. The monoisotopic (exact) mass is 302 g/mol. The summed E-state index contributed by atoms with van der Waals surface area (Å²) in [6.45, 7) is 4.12. The van der Waals surface area contributed by atoms with Crippen LogP contribution < -0.4 is 10.6 Å². The predicted octanol–water partition coefficient (Wildman–Crippen LogP) is 2.61. The van der Waals surface area contributed by atoms with E-state index in [1.165, 1.54) is 31.2 Å². The van der Waals surface area contributed by atoms with E-state index in [0.29, 0.717) is 12.1 Å².